The monoisotopic (exact) mass is 608 g/mol. The van der Waals surface area contributed by atoms with Crippen LogP contribution in [0.15, 0.2) is 45.8 Å². The molecule has 2 saturated heterocycles. The van der Waals surface area contributed by atoms with Gasteiger partial charge in [0.2, 0.25) is 5.43 Å². The zero-order chi connectivity index (χ0) is 31.2. The van der Waals surface area contributed by atoms with Crippen LogP contribution in [0.25, 0.3) is 22.1 Å². The molecular weight excluding hydrogens is 576 g/mol. The van der Waals surface area contributed by atoms with Gasteiger partial charge in [-0.15, -0.1) is 0 Å². The number of aliphatic hydroxyl groups excluding tert-OH is 7. The maximum absolute atomic E-state index is 13.5. The molecule has 2 aromatic carbocycles. The molecule has 0 spiro atoms. The van der Waals surface area contributed by atoms with Crippen LogP contribution in [-0.2, 0) is 14.2 Å². The first-order chi connectivity index (χ1) is 20.5. The van der Waals surface area contributed by atoms with Crippen LogP contribution in [-0.4, -0.2) is 121 Å². The Balaban J connectivity index is 1.45. The largest absolute Gasteiger partial charge is 0.507 e. The predicted octanol–water partition coefficient (Wildman–Crippen LogP) is -1.78. The lowest BCUT2D eigenvalue weighted by molar-refractivity contribution is -0.314. The molecule has 234 valence electrons. The minimum absolute atomic E-state index is 0.0251. The van der Waals surface area contributed by atoms with Crippen molar-refractivity contribution in [1.29, 1.82) is 0 Å². The molecule has 43 heavy (non-hydrogen) atoms. The van der Waals surface area contributed by atoms with Crippen molar-refractivity contribution in [2.24, 2.45) is 0 Å². The van der Waals surface area contributed by atoms with Gasteiger partial charge in [-0.1, -0.05) is 6.07 Å². The van der Waals surface area contributed by atoms with Crippen LogP contribution in [0.3, 0.4) is 0 Å². The van der Waals surface area contributed by atoms with Gasteiger partial charge in [-0.3, -0.25) is 4.79 Å². The van der Waals surface area contributed by atoms with Gasteiger partial charge < -0.3 is 69.3 Å². The summed E-state index contributed by atoms with van der Waals surface area (Å²) in [6.45, 7) is -1.29. The molecule has 0 unspecified atom stereocenters. The Bertz CT molecular complexity index is 1510. The van der Waals surface area contributed by atoms with E-state index in [1.807, 2.05) is 0 Å². The summed E-state index contributed by atoms with van der Waals surface area (Å²) in [5.41, 5.74) is -0.475. The van der Waals surface area contributed by atoms with Crippen molar-refractivity contribution in [3.05, 3.63) is 52.4 Å². The molecule has 0 bridgehead atoms. The Hall–Kier alpha value is -3.35. The average molecular weight is 609 g/mol. The van der Waals surface area contributed by atoms with E-state index in [9.17, 15) is 50.8 Å². The minimum atomic E-state index is -1.84. The van der Waals surface area contributed by atoms with Gasteiger partial charge in [-0.2, -0.15) is 0 Å². The molecule has 0 radical (unpaired) electrons. The summed E-state index contributed by atoms with van der Waals surface area (Å²) in [6, 6.07) is 6.71. The molecule has 1 aromatic heterocycles. The summed E-state index contributed by atoms with van der Waals surface area (Å²) in [7, 11) is 1.35. The molecule has 2 fully saturated rings. The van der Waals surface area contributed by atoms with Crippen molar-refractivity contribution in [3.8, 4) is 28.4 Å². The van der Waals surface area contributed by atoms with Crippen LogP contribution in [0, 0.1) is 0 Å². The number of ether oxygens (including phenoxy) is 4. The molecule has 3 aromatic rings. The van der Waals surface area contributed by atoms with E-state index in [-0.39, 0.29) is 33.6 Å². The van der Waals surface area contributed by atoms with Crippen LogP contribution >= 0.6 is 0 Å². The van der Waals surface area contributed by atoms with Crippen molar-refractivity contribution in [2.75, 3.05) is 20.3 Å². The Kier molecular flexibility index (Phi) is 8.92. The highest BCUT2D eigenvalue weighted by Crippen LogP contribution is 2.41. The first-order valence-electron chi connectivity index (χ1n) is 13.2. The molecule has 9 N–H and O–H groups in total. The third-order valence-electron chi connectivity index (χ3n) is 7.72. The van der Waals surface area contributed by atoms with Crippen LogP contribution in [0.4, 0.5) is 0 Å². The zero-order valence-corrected chi connectivity index (χ0v) is 22.6. The fraction of sp³-hybridized carbons (Fsp3) is 0.464. The lowest BCUT2D eigenvalue weighted by atomic mass is 9.89. The topological polar surface area (TPSA) is 249 Å². The highest BCUT2D eigenvalue weighted by molar-refractivity contribution is 5.86. The highest BCUT2D eigenvalue weighted by Gasteiger charge is 2.48. The van der Waals surface area contributed by atoms with Gasteiger partial charge in [0.1, 0.15) is 72.5 Å². The maximum Gasteiger partial charge on any atom is 0.200 e. The second kappa shape index (κ2) is 12.3. The third-order valence-corrected chi connectivity index (χ3v) is 7.72. The molecule has 0 saturated carbocycles. The molecular formula is C28H32O15. The van der Waals surface area contributed by atoms with E-state index < -0.39 is 85.6 Å². The van der Waals surface area contributed by atoms with Crippen molar-refractivity contribution >= 4 is 11.0 Å². The van der Waals surface area contributed by atoms with Crippen LogP contribution in [0.5, 0.6) is 17.2 Å². The molecule has 3 heterocycles. The number of hydrogen-bond donors (Lipinski definition) is 9. The Morgan fingerprint density at radius 2 is 1.49 bits per heavy atom. The zero-order valence-electron chi connectivity index (χ0n) is 22.6. The number of phenols is 2. The van der Waals surface area contributed by atoms with E-state index in [2.05, 4.69) is 0 Å². The second-order valence-corrected chi connectivity index (χ2v) is 10.3. The molecule has 10 atom stereocenters. The maximum atomic E-state index is 13.5. The summed E-state index contributed by atoms with van der Waals surface area (Å²) in [5.74, 6) is -0.486. The van der Waals surface area contributed by atoms with Crippen LogP contribution in [0.1, 0.15) is 11.7 Å². The van der Waals surface area contributed by atoms with Gasteiger partial charge in [-0.25, -0.2) is 0 Å². The molecule has 2 aliphatic heterocycles. The molecule has 0 aliphatic carbocycles. The summed E-state index contributed by atoms with van der Waals surface area (Å²) in [6.07, 6.45) is -15.2. The van der Waals surface area contributed by atoms with Gasteiger partial charge >= 0.3 is 0 Å². The van der Waals surface area contributed by atoms with E-state index in [1.165, 1.54) is 37.4 Å². The van der Waals surface area contributed by atoms with Gasteiger partial charge in [0.25, 0.3) is 0 Å². The molecule has 2 aliphatic rings. The van der Waals surface area contributed by atoms with Gasteiger partial charge in [0, 0.05) is 0 Å². The van der Waals surface area contributed by atoms with E-state index in [0.29, 0.717) is 5.56 Å². The third kappa shape index (κ3) is 5.56. The number of hydrogen-bond acceptors (Lipinski definition) is 15. The first-order valence-corrected chi connectivity index (χ1v) is 13.2. The lowest BCUT2D eigenvalue weighted by Crippen LogP contribution is -2.60. The van der Waals surface area contributed by atoms with E-state index in [4.69, 9.17) is 23.4 Å². The van der Waals surface area contributed by atoms with Gasteiger partial charge in [0.05, 0.1) is 36.8 Å². The number of aromatic hydroxyl groups is 2. The highest BCUT2D eigenvalue weighted by atomic mass is 16.7. The second-order valence-electron chi connectivity index (χ2n) is 10.3. The molecule has 15 nitrogen and oxygen atoms in total. The normalized spacial score (nSPS) is 33.0. The number of phenolic OH excluding ortho intramolecular Hbond substituents is 2. The number of benzene rings is 2. The molecule has 5 rings (SSSR count). The Labute approximate surface area is 242 Å². The quantitative estimate of drug-likeness (QED) is 0.144. The number of rotatable bonds is 7. The van der Waals surface area contributed by atoms with E-state index in [1.54, 1.807) is 0 Å². The SMILES string of the molecule is COc1cc(-c2coc3c([C@@H]4O[C@H](CO[C@@H]5O[C@H](CO)[C@@H](O)[C@H](O)[C@H]5O)[C@@H](O)[C@H](O)[C@H]4O)c(O)ccc3c2=O)ccc1O. The van der Waals surface area contributed by atoms with Crippen molar-refractivity contribution < 1.29 is 69.3 Å². The van der Waals surface area contributed by atoms with Gasteiger partial charge in [0.15, 0.2) is 17.8 Å². The molecule has 0 amide bonds. The van der Waals surface area contributed by atoms with Gasteiger partial charge in [-0.05, 0) is 29.8 Å². The van der Waals surface area contributed by atoms with Crippen molar-refractivity contribution in [3.63, 3.8) is 0 Å². The number of fused-ring (bicyclic) bond motifs is 1. The fourth-order valence-corrected chi connectivity index (χ4v) is 5.25. The lowest BCUT2D eigenvalue weighted by Gasteiger charge is -2.43. The smallest absolute Gasteiger partial charge is 0.200 e. The predicted molar refractivity (Wildman–Crippen MR) is 143 cm³/mol. The summed E-state index contributed by atoms with van der Waals surface area (Å²) >= 11 is 0. The van der Waals surface area contributed by atoms with Crippen LogP contribution in [0.2, 0.25) is 0 Å². The van der Waals surface area contributed by atoms with E-state index >= 15 is 0 Å². The Morgan fingerprint density at radius 1 is 0.814 bits per heavy atom. The average Bonchev–Trinajstić information content (AvgIpc) is 3.00. The van der Waals surface area contributed by atoms with Crippen molar-refractivity contribution in [1.82, 2.24) is 0 Å². The minimum Gasteiger partial charge on any atom is -0.507 e. The fourth-order valence-electron chi connectivity index (χ4n) is 5.25. The summed E-state index contributed by atoms with van der Waals surface area (Å²) < 4.78 is 27.4. The van der Waals surface area contributed by atoms with Crippen LogP contribution < -0.4 is 10.2 Å². The standard InChI is InChI=1S/C28H32O15/c1-39-15-6-10(2-4-13(15)30)12-8-40-26-11(19(12)32)3-5-14(31)18(26)27-24(37)22(35)21(34)17(42-27)9-41-28-25(38)23(36)20(33)16(7-29)43-28/h2-6,8,16-17,20-25,27-31,33-38H,7,9H2,1H3/t16-,17-,20-,21-,22+,23+,24-,25-,27+,28-/m1/s1. The molecule has 15 heteroatoms. The Morgan fingerprint density at radius 3 is 2.19 bits per heavy atom. The van der Waals surface area contributed by atoms with E-state index in [0.717, 1.165) is 6.26 Å². The number of aliphatic hydroxyl groups is 7. The number of methoxy groups -OCH3 is 1. The first kappa shape index (κ1) is 31.1. The summed E-state index contributed by atoms with van der Waals surface area (Å²) in [5, 5.41) is 92.3. The van der Waals surface area contributed by atoms with Crippen molar-refractivity contribution in [2.45, 2.75) is 61.2 Å². The summed E-state index contributed by atoms with van der Waals surface area (Å²) in [4.78, 5) is 13.5.